The predicted octanol–water partition coefficient (Wildman–Crippen LogP) is 2.58. The standard InChI is InChI=1S/C12H18N2S2/c1-2-14-12(10-4-3-5-13-8-10)11-9-15-6-7-16-11/h3-5,8,11-12,14H,2,6-7,9H2,1H3. The molecule has 1 aromatic rings. The summed E-state index contributed by atoms with van der Waals surface area (Å²) in [5.74, 6) is 3.82. The minimum absolute atomic E-state index is 0.455. The van der Waals surface area contributed by atoms with Crippen molar-refractivity contribution in [3.63, 3.8) is 0 Å². The molecule has 88 valence electrons. The Hall–Kier alpha value is -0.190. The molecule has 0 spiro atoms. The molecule has 2 heterocycles. The first kappa shape index (κ1) is 12.3. The van der Waals surface area contributed by atoms with Gasteiger partial charge < -0.3 is 5.32 Å². The third-order valence-corrected chi connectivity index (χ3v) is 5.54. The number of hydrogen-bond acceptors (Lipinski definition) is 4. The van der Waals surface area contributed by atoms with Crippen molar-refractivity contribution in [3.8, 4) is 0 Å². The van der Waals surface area contributed by atoms with Crippen molar-refractivity contribution in [2.24, 2.45) is 0 Å². The molecule has 2 atom stereocenters. The van der Waals surface area contributed by atoms with Crippen LogP contribution < -0.4 is 5.32 Å². The second-order valence-electron chi connectivity index (χ2n) is 3.81. The third-order valence-electron chi connectivity index (χ3n) is 2.68. The highest BCUT2D eigenvalue weighted by Crippen LogP contribution is 2.33. The Bertz CT molecular complexity index is 299. The van der Waals surface area contributed by atoms with E-state index in [1.807, 2.05) is 18.5 Å². The molecule has 0 saturated carbocycles. The van der Waals surface area contributed by atoms with Crippen molar-refractivity contribution in [2.75, 3.05) is 23.8 Å². The van der Waals surface area contributed by atoms with Gasteiger partial charge in [-0.1, -0.05) is 13.0 Å². The Morgan fingerprint density at radius 2 is 2.50 bits per heavy atom. The molecule has 1 aliphatic heterocycles. The molecular weight excluding hydrogens is 236 g/mol. The van der Waals surface area contributed by atoms with E-state index in [1.54, 1.807) is 0 Å². The Morgan fingerprint density at radius 3 is 3.12 bits per heavy atom. The van der Waals surface area contributed by atoms with Crippen LogP contribution in [0.5, 0.6) is 0 Å². The van der Waals surface area contributed by atoms with Crippen molar-refractivity contribution in [3.05, 3.63) is 30.1 Å². The topological polar surface area (TPSA) is 24.9 Å². The van der Waals surface area contributed by atoms with Gasteiger partial charge in [0.2, 0.25) is 0 Å². The SMILES string of the molecule is CCNC(c1cccnc1)C1CSCCS1. The fourth-order valence-electron chi connectivity index (χ4n) is 1.94. The van der Waals surface area contributed by atoms with Crippen LogP contribution >= 0.6 is 23.5 Å². The summed E-state index contributed by atoms with van der Waals surface area (Å²) in [6, 6.07) is 4.66. The summed E-state index contributed by atoms with van der Waals surface area (Å²) in [5.41, 5.74) is 1.32. The molecule has 0 amide bonds. The average molecular weight is 254 g/mol. The summed E-state index contributed by atoms with van der Waals surface area (Å²) >= 11 is 4.17. The Labute approximate surface area is 106 Å². The van der Waals surface area contributed by atoms with Crippen LogP contribution in [0.2, 0.25) is 0 Å². The smallest absolute Gasteiger partial charge is 0.0463 e. The molecule has 0 bridgehead atoms. The highest BCUT2D eigenvalue weighted by molar-refractivity contribution is 8.06. The molecule has 2 unspecified atom stereocenters. The monoisotopic (exact) mass is 254 g/mol. The van der Waals surface area contributed by atoms with Gasteiger partial charge in [0.15, 0.2) is 0 Å². The van der Waals surface area contributed by atoms with Crippen molar-refractivity contribution >= 4 is 23.5 Å². The van der Waals surface area contributed by atoms with E-state index in [4.69, 9.17) is 0 Å². The molecule has 0 aromatic carbocycles. The van der Waals surface area contributed by atoms with Crippen LogP contribution in [0.25, 0.3) is 0 Å². The first-order chi connectivity index (χ1) is 7.92. The zero-order valence-electron chi connectivity index (χ0n) is 9.56. The molecule has 1 aromatic heterocycles. The van der Waals surface area contributed by atoms with Crippen LogP contribution in [-0.4, -0.2) is 34.0 Å². The Morgan fingerprint density at radius 1 is 1.56 bits per heavy atom. The fourth-order valence-corrected chi connectivity index (χ4v) is 4.81. The lowest BCUT2D eigenvalue weighted by molar-refractivity contribution is 0.549. The normalized spacial score (nSPS) is 22.9. The van der Waals surface area contributed by atoms with E-state index < -0.39 is 0 Å². The van der Waals surface area contributed by atoms with E-state index in [0.29, 0.717) is 11.3 Å². The second kappa shape index (κ2) is 6.52. The largest absolute Gasteiger partial charge is 0.309 e. The number of thioether (sulfide) groups is 2. The van der Waals surface area contributed by atoms with Crippen LogP contribution in [0.4, 0.5) is 0 Å². The van der Waals surface area contributed by atoms with Gasteiger partial charge >= 0.3 is 0 Å². The van der Waals surface area contributed by atoms with E-state index in [2.05, 4.69) is 46.8 Å². The summed E-state index contributed by atoms with van der Waals surface area (Å²) in [7, 11) is 0. The highest BCUT2D eigenvalue weighted by atomic mass is 32.2. The van der Waals surface area contributed by atoms with Crippen LogP contribution in [0.1, 0.15) is 18.5 Å². The van der Waals surface area contributed by atoms with Gasteiger partial charge in [-0.3, -0.25) is 4.98 Å². The van der Waals surface area contributed by atoms with Gasteiger partial charge in [0.25, 0.3) is 0 Å². The fraction of sp³-hybridized carbons (Fsp3) is 0.583. The first-order valence-electron chi connectivity index (χ1n) is 5.74. The zero-order valence-corrected chi connectivity index (χ0v) is 11.2. The van der Waals surface area contributed by atoms with Crippen molar-refractivity contribution in [2.45, 2.75) is 18.2 Å². The van der Waals surface area contributed by atoms with Crippen molar-refractivity contribution in [1.82, 2.24) is 10.3 Å². The molecule has 1 aliphatic rings. The zero-order chi connectivity index (χ0) is 11.2. The summed E-state index contributed by atoms with van der Waals surface area (Å²) < 4.78 is 0. The summed E-state index contributed by atoms with van der Waals surface area (Å²) in [5, 5.41) is 4.28. The molecule has 0 aliphatic carbocycles. The van der Waals surface area contributed by atoms with Crippen LogP contribution in [0.3, 0.4) is 0 Å². The number of nitrogens with one attached hydrogen (secondary N) is 1. The first-order valence-corrected chi connectivity index (χ1v) is 7.95. The number of nitrogens with zero attached hydrogens (tertiary/aromatic N) is 1. The van der Waals surface area contributed by atoms with Gasteiger partial charge in [-0.25, -0.2) is 0 Å². The number of rotatable bonds is 4. The van der Waals surface area contributed by atoms with Crippen LogP contribution in [0.15, 0.2) is 24.5 Å². The van der Waals surface area contributed by atoms with E-state index >= 15 is 0 Å². The average Bonchev–Trinajstić information content (AvgIpc) is 2.38. The van der Waals surface area contributed by atoms with E-state index in [-0.39, 0.29) is 0 Å². The van der Waals surface area contributed by atoms with Crippen molar-refractivity contribution in [1.29, 1.82) is 0 Å². The third kappa shape index (κ3) is 3.15. The number of pyridine rings is 1. The second-order valence-corrected chi connectivity index (χ2v) is 6.30. The molecule has 2 rings (SSSR count). The summed E-state index contributed by atoms with van der Waals surface area (Å²) in [6.45, 7) is 3.19. The molecule has 0 radical (unpaired) electrons. The Balaban J connectivity index is 2.09. The van der Waals surface area contributed by atoms with E-state index in [0.717, 1.165) is 6.54 Å². The quantitative estimate of drug-likeness (QED) is 0.893. The molecular formula is C12H18N2S2. The van der Waals surface area contributed by atoms with Crippen LogP contribution in [-0.2, 0) is 0 Å². The van der Waals surface area contributed by atoms with E-state index in [1.165, 1.54) is 22.8 Å². The lowest BCUT2D eigenvalue weighted by Crippen LogP contribution is -2.33. The van der Waals surface area contributed by atoms with E-state index in [9.17, 15) is 0 Å². The van der Waals surface area contributed by atoms with Gasteiger partial charge in [0.05, 0.1) is 0 Å². The maximum Gasteiger partial charge on any atom is 0.0463 e. The van der Waals surface area contributed by atoms with Gasteiger partial charge in [0.1, 0.15) is 0 Å². The summed E-state index contributed by atoms with van der Waals surface area (Å²) in [6.07, 6.45) is 3.84. The number of hydrogen-bond donors (Lipinski definition) is 1. The molecule has 2 nitrogen and oxygen atoms in total. The predicted molar refractivity (Wildman–Crippen MR) is 74.2 cm³/mol. The molecule has 1 saturated heterocycles. The maximum atomic E-state index is 4.23. The minimum atomic E-state index is 0.455. The van der Waals surface area contributed by atoms with Gasteiger partial charge in [-0.05, 0) is 18.2 Å². The van der Waals surface area contributed by atoms with Crippen molar-refractivity contribution < 1.29 is 0 Å². The Kier molecular flexibility index (Phi) is 5.00. The van der Waals surface area contributed by atoms with Crippen LogP contribution in [0, 0.1) is 0 Å². The van der Waals surface area contributed by atoms with Gasteiger partial charge in [-0.15, -0.1) is 0 Å². The minimum Gasteiger partial charge on any atom is -0.309 e. The molecule has 16 heavy (non-hydrogen) atoms. The molecule has 1 fully saturated rings. The molecule has 1 N–H and O–H groups in total. The highest BCUT2D eigenvalue weighted by Gasteiger charge is 2.25. The van der Waals surface area contributed by atoms with Gasteiger partial charge in [-0.2, -0.15) is 23.5 Å². The lowest BCUT2D eigenvalue weighted by atomic mass is 10.1. The maximum absolute atomic E-state index is 4.23. The molecule has 4 heteroatoms. The number of aromatic nitrogens is 1. The summed E-state index contributed by atoms with van der Waals surface area (Å²) in [4.78, 5) is 4.23. The lowest BCUT2D eigenvalue weighted by Gasteiger charge is -2.30. The van der Waals surface area contributed by atoms with Gasteiger partial charge in [0, 0.05) is 40.9 Å².